The van der Waals surface area contributed by atoms with Gasteiger partial charge in [0.2, 0.25) is 15.7 Å². The average molecular weight is 447 g/mol. The number of hydrogen-bond acceptors (Lipinski definition) is 8. The summed E-state index contributed by atoms with van der Waals surface area (Å²) in [5, 5.41) is 1.95. The SMILES string of the molecule is Nc1nc(SCC(=O)N2CCCc3ccccc32)ncc1S(=O)(=O)c1cccs1. The van der Waals surface area contributed by atoms with E-state index in [1.165, 1.54) is 17.8 Å². The van der Waals surface area contributed by atoms with Crippen molar-refractivity contribution in [2.75, 3.05) is 22.9 Å². The summed E-state index contributed by atoms with van der Waals surface area (Å²) in [6.45, 7) is 0.678. The van der Waals surface area contributed by atoms with E-state index in [4.69, 9.17) is 5.73 Å². The third-order valence-corrected chi connectivity index (χ3v) is 8.56. The highest BCUT2D eigenvalue weighted by atomic mass is 32.2. The molecule has 0 fully saturated rings. The van der Waals surface area contributed by atoms with E-state index < -0.39 is 9.84 Å². The third-order valence-electron chi connectivity index (χ3n) is 4.55. The van der Waals surface area contributed by atoms with E-state index in [0.29, 0.717) is 6.54 Å². The zero-order valence-electron chi connectivity index (χ0n) is 15.3. The van der Waals surface area contributed by atoms with Gasteiger partial charge in [0, 0.05) is 12.2 Å². The molecule has 4 rings (SSSR count). The number of fused-ring (bicyclic) bond motifs is 1. The lowest BCUT2D eigenvalue weighted by atomic mass is 10.0. The second-order valence-electron chi connectivity index (χ2n) is 6.40. The number of benzene rings is 1. The molecule has 0 aliphatic carbocycles. The highest BCUT2D eigenvalue weighted by Gasteiger charge is 2.25. The predicted octanol–water partition coefficient (Wildman–Crippen LogP) is 3.02. The molecule has 0 unspecified atom stereocenters. The maximum absolute atomic E-state index is 12.7. The van der Waals surface area contributed by atoms with Crippen molar-refractivity contribution in [1.82, 2.24) is 9.97 Å². The number of nitrogens with zero attached hydrogens (tertiary/aromatic N) is 3. The van der Waals surface area contributed by atoms with Crippen LogP contribution in [0.5, 0.6) is 0 Å². The van der Waals surface area contributed by atoms with E-state index in [0.717, 1.165) is 41.6 Å². The van der Waals surface area contributed by atoms with Gasteiger partial charge in [-0.25, -0.2) is 18.4 Å². The Morgan fingerprint density at radius 1 is 1.24 bits per heavy atom. The molecule has 0 spiro atoms. The molecule has 0 bridgehead atoms. The van der Waals surface area contributed by atoms with Gasteiger partial charge < -0.3 is 10.6 Å². The number of nitrogen functional groups attached to an aromatic ring is 1. The summed E-state index contributed by atoms with van der Waals surface area (Å²) in [4.78, 5) is 22.6. The van der Waals surface area contributed by atoms with Gasteiger partial charge in [0.15, 0.2) is 5.16 Å². The van der Waals surface area contributed by atoms with Crippen LogP contribution in [0.3, 0.4) is 0 Å². The molecule has 1 aromatic carbocycles. The van der Waals surface area contributed by atoms with Crippen LogP contribution in [0.15, 0.2) is 62.2 Å². The van der Waals surface area contributed by atoms with Crippen molar-refractivity contribution < 1.29 is 13.2 Å². The normalized spacial score (nSPS) is 13.9. The van der Waals surface area contributed by atoms with Gasteiger partial charge in [0.25, 0.3) is 0 Å². The maximum Gasteiger partial charge on any atom is 0.237 e. The summed E-state index contributed by atoms with van der Waals surface area (Å²) in [6.07, 6.45) is 3.10. The quantitative estimate of drug-likeness (QED) is 0.474. The van der Waals surface area contributed by atoms with Crippen molar-refractivity contribution in [3.63, 3.8) is 0 Å². The number of rotatable bonds is 5. The molecular weight excluding hydrogens is 428 g/mol. The van der Waals surface area contributed by atoms with Gasteiger partial charge >= 0.3 is 0 Å². The zero-order valence-corrected chi connectivity index (χ0v) is 17.8. The van der Waals surface area contributed by atoms with E-state index in [-0.39, 0.29) is 31.7 Å². The molecule has 2 aromatic heterocycles. The van der Waals surface area contributed by atoms with Crippen molar-refractivity contribution in [3.05, 3.63) is 53.5 Å². The fourth-order valence-corrected chi connectivity index (χ4v) is 6.24. The molecule has 1 amide bonds. The van der Waals surface area contributed by atoms with Gasteiger partial charge in [-0.1, -0.05) is 36.0 Å². The molecular formula is C19H18N4O3S3. The van der Waals surface area contributed by atoms with E-state index >= 15 is 0 Å². The van der Waals surface area contributed by atoms with Gasteiger partial charge in [-0.05, 0) is 35.9 Å². The van der Waals surface area contributed by atoms with Crippen LogP contribution < -0.4 is 10.6 Å². The van der Waals surface area contributed by atoms with Crippen molar-refractivity contribution >= 4 is 50.3 Å². The molecule has 29 heavy (non-hydrogen) atoms. The second kappa shape index (κ2) is 8.13. The van der Waals surface area contributed by atoms with Gasteiger partial charge in [-0.2, -0.15) is 0 Å². The van der Waals surface area contributed by atoms with Crippen molar-refractivity contribution in [1.29, 1.82) is 0 Å². The smallest absolute Gasteiger partial charge is 0.237 e. The summed E-state index contributed by atoms with van der Waals surface area (Å²) in [5.41, 5.74) is 8.01. The van der Waals surface area contributed by atoms with Crippen LogP contribution >= 0.6 is 23.1 Å². The first-order valence-corrected chi connectivity index (χ1v) is 12.2. The monoisotopic (exact) mass is 446 g/mol. The molecule has 1 aliphatic rings. The Labute approximate surface area is 176 Å². The minimum atomic E-state index is -3.74. The summed E-state index contributed by atoms with van der Waals surface area (Å²) in [5.74, 6) is -0.0172. The molecule has 0 saturated heterocycles. The number of carbonyl (C=O) groups is 1. The van der Waals surface area contributed by atoms with E-state index in [1.54, 1.807) is 16.3 Å². The number of aromatic nitrogens is 2. The van der Waals surface area contributed by atoms with Gasteiger partial charge in [-0.3, -0.25) is 4.79 Å². The van der Waals surface area contributed by atoms with E-state index in [9.17, 15) is 13.2 Å². The van der Waals surface area contributed by atoms with Crippen molar-refractivity contribution in [2.24, 2.45) is 0 Å². The van der Waals surface area contributed by atoms with Crippen molar-refractivity contribution in [2.45, 2.75) is 27.1 Å². The highest BCUT2D eigenvalue weighted by Crippen LogP contribution is 2.30. The number of carbonyl (C=O) groups excluding carboxylic acids is 1. The first-order chi connectivity index (χ1) is 14.0. The van der Waals surface area contributed by atoms with Crippen LogP contribution in [0.25, 0.3) is 0 Å². The fraction of sp³-hybridized carbons (Fsp3) is 0.211. The van der Waals surface area contributed by atoms with E-state index in [2.05, 4.69) is 9.97 Å². The fourth-order valence-electron chi connectivity index (χ4n) is 3.17. The predicted molar refractivity (Wildman–Crippen MR) is 114 cm³/mol. The summed E-state index contributed by atoms with van der Waals surface area (Å²) >= 11 is 2.25. The molecule has 1 aliphatic heterocycles. The first-order valence-electron chi connectivity index (χ1n) is 8.89. The van der Waals surface area contributed by atoms with Crippen LogP contribution in [-0.2, 0) is 21.1 Å². The topological polar surface area (TPSA) is 106 Å². The lowest BCUT2D eigenvalue weighted by Crippen LogP contribution is -2.36. The Bertz CT molecular complexity index is 1150. The number of amides is 1. The maximum atomic E-state index is 12.7. The number of hydrogen-bond donors (Lipinski definition) is 1. The van der Waals surface area contributed by atoms with Crippen LogP contribution in [0.2, 0.25) is 0 Å². The van der Waals surface area contributed by atoms with Crippen LogP contribution in [0, 0.1) is 0 Å². The lowest BCUT2D eigenvalue weighted by Gasteiger charge is -2.29. The molecule has 0 radical (unpaired) electrons. The minimum absolute atomic E-state index is 0.0420. The standard InChI is InChI=1S/C19H18N4O3S3/c20-18-15(29(25,26)17-8-4-10-27-17)11-21-19(22-18)28-12-16(24)23-9-3-6-13-5-1-2-7-14(13)23/h1-2,4-5,7-8,10-11H,3,6,9,12H2,(H2,20,21,22). The molecule has 0 saturated carbocycles. The van der Waals surface area contributed by atoms with Crippen LogP contribution in [-0.4, -0.2) is 36.6 Å². The van der Waals surface area contributed by atoms with Crippen LogP contribution in [0.4, 0.5) is 11.5 Å². The first kappa shape index (κ1) is 19.9. The van der Waals surface area contributed by atoms with Crippen LogP contribution in [0.1, 0.15) is 12.0 Å². The second-order valence-corrected chi connectivity index (χ2v) is 10.4. The van der Waals surface area contributed by atoms with Gasteiger partial charge in [-0.15, -0.1) is 11.3 Å². The van der Waals surface area contributed by atoms with Gasteiger partial charge in [0.05, 0.1) is 11.9 Å². The molecule has 10 heteroatoms. The highest BCUT2D eigenvalue weighted by molar-refractivity contribution is 7.99. The lowest BCUT2D eigenvalue weighted by molar-refractivity contribution is -0.116. The molecule has 7 nitrogen and oxygen atoms in total. The minimum Gasteiger partial charge on any atom is -0.382 e. The Morgan fingerprint density at radius 2 is 2.07 bits per heavy atom. The number of aryl methyl sites for hydroxylation is 1. The summed E-state index contributed by atoms with van der Waals surface area (Å²) < 4.78 is 25.4. The summed E-state index contributed by atoms with van der Waals surface area (Å²) in [7, 11) is -3.74. The van der Waals surface area contributed by atoms with E-state index in [1.807, 2.05) is 24.3 Å². The Kier molecular flexibility index (Phi) is 5.57. The number of thiophene rings is 1. The number of para-hydroxylation sites is 1. The molecule has 0 atom stereocenters. The number of sulfone groups is 1. The Balaban J connectivity index is 1.47. The number of anilines is 2. The Morgan fingerprint density at radius 3 is 2.83 bits per heavy atom. The van der Waals surface area contributed by atoms with Gasteiger partial charge in [0.1, 0.15) is 14.9 Å². The number of nitrogens with two attached hydrogens (primary N) is 1. The largest absolute Gasteiger partial charge is 0.382 e. The average Bonchev–Trinajstić information content (AvgIpc) is 3.27. The third kappa shape index (κ3) is 4.00. The Hall–Kier alpha value is -2.43. The number of thioether (sulfide) groups is 1. The molecule has 150 valence electrons. The zero-order chi connectivity index (χ0) is 20.4. The molecule has 3 aromatic rings. The molecule has 2 N–H and O–H groups in total. The van der Waals surface area contributed by atoms with Crippen molar-refractivity contribution in [3.8, 4) is 0 Å². The summed E-state index contributed by atoms with van der Waals surface area (Å²) in [6, 6.07) is 11.1. The molecule has 3 heterocycles.